The van der Waals surface area contributed by atoms with Crippen LogP contribution in [0.3, 0.4) is 0 Å². The van der Waals surface area contributed by atoms with E-state index in [1.165, 1.54) is 0 Å². The average molecular weight is 314 g/mol. The second-order valence-electron chi connectivity index (χ2n) is 6.61. The Bertz CT molecular complexity index is 374. The van der Waals surface area contributed by atoms with E-state index in [-0.39, 0.29) is 5.04 Å². The summed E-state index contributed by atoms with van der Waals surface area (Å²) in [7, 11) is -1.67. The van der Waals surface area contributed by atoms with Crippen LogP contribution in [-0.4, -0.2) is 38.7 Å². The number of aliphatic hydroxyl groups excluding tert-OH is 1. The van der Waals surface area contributed by atoms with Crippen LogP contribution in [0, 0.1) is 11.8 Å². The lowest BCUT2D eigenvalue weighted by molar-refractivity contribution is -0.136. The third kappa shape index (κ3) is 8.92. The second-order valence-corrected chi connectivity index (χ2v) is 11.4. The summed E-state index contributed by atoms with van der Waals surface area (Å²) < 4.78 is 10.7. The third-order valence-electron chi connectivity index (χ3n) is 3.76. The third-order valence-corrected chi connectivity index (χ3v) is 8.30. The van der Waals surface area contributed by atoms with E-state index in [9.17, 15) is 9.90 Å². The van der Waals surface area contributed by atoms with Crippen molar-refractivity contribution in [2.45, 2.75) is 71.2 Å². The minimum atomic E-state index is -1.67. The molecule has 1 N–H and O–H groups in total. The van der Waals surface area contributed by atoms with E-state index in [0.29, 0.717) is 19.6 Å². The minimum Gasteiger partial charge on any atom is -0.456 e. The number of aliphatic hydroxyl groups is 1. The van der Waals surface area contributed by atoms with Crippen LogP contribution in [-0.2, 0) is 14.0 Å². The van der Waals surface area contributed by atoms with Gasteiger partial charge in [-0.25, -0.2) is 4.79 Å². The van der Waals surface area contributed by atoms with Crippen LogP contribution in [0.25, 0.3) is 0 Å². The number of hydrogen-bond acceptors (Lipinski definition) is 4. The molecular formula is C16H30O4Si. The largest absolute Gasteiger partial charge is 0.456 e. The number of hydrogen-bond donors (Lipinski definition) is 1. The van der Waals surface area contributed by atoms with E-state index < -0.39 is 20.4 Å². The summed E-state index contributed by atoms with van der Waals surface area (Å²) in [6.07, 6.45) is 1.49. The van der Waals surface area contributed by atoms with Crippen LogP contribution in [0.2, 0.25) is 18.1 Å². The normalized spacial score (nSPS) is 13.3. The van der Waals surface area contributed by atoms with Gasteiger partial charge in [0.25, 0.3) is 0 Å². The topological polar surface area (TPSA) is 55.8 Å². The van der Waals surface area contributed by atoms with Crippen LogP contribution >= 0.6 is 0 Å². The van der Waals surface area contributed by atoms with Crippen molar-refractivity contribution in [2.75, 3.05) is 13.2 Å². The van der Waals surface area contributed by atoms with Gasteiger partial charge >= 0.3 is 5.97 Å². The molecule has 0 aliphatic heterocycles. The van der Waals surface area contributed by atoms with Gasteiger partial charge < -0.3 is 14.3 Å². The Hall–Kier alpha value is -0.833. The Labute approximate surface area is 130 Å². The second kappa shape index (κ2) is 9.24. The summed E-state index contributed by atoms with van der Waals surface area (Å²) in [6, 6.07) is 0. The molecule has 21 heavy (non-hydrogen) atoms. The number of rotatable bonds is 7. The predicted molar refractivity (Wildman–Crippen MR) is 87.4 cm³/mol. The minimum absolute atomic E-state index is 0.220. The zero-order valence-electron chi connectivity index (χ0n) is 14.3. The number of carbonyl (C=O) groups is 1. The maximum absolute atomic E-state index is 11.0. The van der Waals surface area contributed by atoms with Gasteiger partial charge in [-0.15, -0.1) is 0 Å². The van der Waals surface area contributed by atoms with Gasteiger partial charge in [0.1, 0.15) is 6.10 Å². The summed E-state index contributed by atoms with van der Waals surface area (Å²) >= 11 is 0. The van der Waals surface area contributed by atoms with Crippen LogP contribution in [0.4, 0.5) is 0 Å². The predicted octanol–water partition coefficient (Wildman–Crippen LogP) is 3.11. The number of unbranched alkanes of at least 4 members (excludes halogenated alkanes) is 1. The van der Waals surface area contributed by atoms with Crippen molar-refractivity contribution in [1.82, 2.24) is 0 Å². The molecule has 0 aliphatic rings. The molecule has 0 rings (SSSR count). The highest BCUT2D eigenvalue weighted by atomic mass is 28.4. The molecule has 4 nitrogen and oxygen atoms in total. The maximum Gasteiger partial charge on any atom is 0.384 e. The maximum atomic E-state index is 11.0. The van der Waals surface area contributed by atoms with Crippen molar-refractivity contribution in [1.29, 1.82) is 0 Å². The molecule has 1 atom stereocenters. The summed E-state index contributed by atoms with van der Waals surface area (Å²) in [5.41, 5.74) is 0. The molecule has 1 unspecified atom stereocenters. The molecule has 0 spiro atoms. The van der Waals surface area contributed by atoms with Crippen LogP contribution in [0.5, 0.6) is 0 Å². The van der Waals surface area contributed by atoms with Crippen molar-refractivity contribution in [2.24, 2.45) is 0 Å². The fraction of sp³-hybridized carbons (Fsp3) is 0.812. The van der Waals surface area contributed by atoms with Crippen molar-refractivity contribution in [3.8, 4) is 11.8 Å². The first-order chi connectivity index (χ1) is 9.60. The molecule has 0 saturated carbocycles. The van der Waals surface area contributed by atoms with Crippen molar-refractivity contribution >= 4 is 14.3 Å². The Balaban J connectivity index is 3.89. The molecule has 0 aromatic heterocycles. The van der Waals surface area contributed by atoms with Gasteiger partial charge in [0, 0.05) is 12.5 Å². The fourth-order valence-electron chi connectivity index (χ4n) is 1.37. The van der Waals surface area contributed by atoms with Gasteiger partial charge in [0.2, 0.25) is 0 Å². The van der Waals surface area contributed by atoms with Gasteiger partial charge in [-0.3, -0.25) is 0 Å². The van der Waals surface area contributed by atoms with Crippen molar-refractivity contribution in [3.05, 3.63) is 0 Å². The zero-order valence-corrected chi connectivity index (χ0v) is 15.3. The highest BCUT2D eigenvalue weighted by Crippen LogP contribution is 2.36. The lowest BCUT2D eigenvalue weighted by Crippen LogP contribution is -2.40. The van der Waals surface area contributed by atoms with Gasteiger partial charge in [-0.2, -0.15) is 0 Å². The van der Waals surface area contributed by atoms with Gasteiger partial charge in [-0.1, -0.05) is 26.7 Å². The van der Waals surface area contributed by atoms with Crippen molar-refractivity contribution in [3.63, 3.8) is 0 Å². The van der Waals surface area contributed by atoms with E-state index in [0.717, 1.165) is 12.8 Å². The van der Waals surface area contributed by atoms with E-state index in [2.05, 4.69) is 50.4 Å². The van der Waals surface area contributed by atoms with Crippen molar-refractivity contribution < 1.29 is 19.1 Å². The molecule has 5 heteroatoms. The highest BCUT2D eigenvalue weighted by Gasteiger charge is 2.36. The molecule has 0 aromatic rings. The molecular weight excluding hydrogens is 284 g/mol. The quantitative estimate of drug-likeness (QED) is 0.258. The molecule has 0 fully saturated rings. The van der Waals surface area contributed by atoms with Gasteiger partial charge in [0.15, 0.2) is 8.32 Å². The Morgan fingerprint density at radius 3 is 2.43 bits per heavy atom. The monoisotopic (exact) mass is 314 g/mol. The Morgan fingerprint density at radius 2 is 1.90 bits per heavy atom. The summed E-state index contributed by atoms with van der Waals surface area (Å²) in [6.45, 7) is 13.8. The van der Waals surface area contributed by atoms with Gasteiger partial charge in [-0.05, 0) is 44.3 Å². The fourth-order valence-corrected chi connectivity index (χ4v) is 2.45. The molecule has 122 valence electrons. The molecule has 0 bridgehead atoms. The average Bonchev–Trinajstić information content (AvgIpc) is 2.35. The first kappa shape index (κ1) is 20.2. The Kier molecular flexibility index (Phi) is 8.87. The van der Waals surface area contributed by atoms with Crippen LogP contribution in [0.15, 0.2) is 0 Å². The zero-order chi connectivity index (χ0) is 16.5. The van der Waals surface area contributed by atoms with Crippen LogP contribution < -0.4 is 0 Å². The van der Waals surface area contributed by atoms with E-state index in [1.54, 1.807) is 6.92 Å². The summed E-state index contributed by atoms with van der Waals surface area (Å²) in [5, 5.41) is 9.86. The smallest absolute Gasteiger partial charge is 0.384 e. The van der Waals surface area contributed by atoms with Gasteiger partial charge in [0.05, 0.1) is 6.61 Å². The molecule has 0 amide bonds. The van der Waals surface area contributed by atoms with E-state index in [1.807, 2.05) is 0 Å². The van der Waals surface area contributed by atoms with Crippen LogP contribution in [0.1, 0.15) is 47.0 Å². The molecule has 0 radical (unpaired) electrons. The first-order valence-electron chi connectivity index (χ1n) is 7.60. The highest BCUT2D eigenvalue weighted by molar-refractivity contribution is 6.74. The number of esters is 1. The molecule has 0 saturated heterocycles. The van der Waals surface area contributed by atoms with E-state index in [4.69, 9.17) is 4.43 Å². The first-order valence-corrected chi connectivity index (χ1v) is 10.5. The number of carbonyl (C=O) groups excluding carboxylic acids is 1. The van der Waals surface area contributed by atoms with E-state index >= 15 is 0 Å². The lowest BCUT2D eigenvalue weighted by Gasteiger charge is -2.36. The lowest BCUT2D eigenvalue weighted by atomic mass is 10.1. The molecule has 0 heterocycles. The SMILES string of the molecule is CCOC(=O)C#CC(O)CCCCO[Si](C)(C)C(C)(C)C. The summed E-state index contributed by atoms with van der Waals surface area (Å²) in [5.74, 6) is 4.19. The standard InChI is InChI=1S/C16H30O4Si/c1-7-19-15(18)12-11-14(17)10-8-9-13-20-21(5,6)16(2,3)4/h14,17H,7-10,13H2,1-6H3. The molecule has 0 aliphatic carbocycles. The number of ether oxygens (including phenoxy) is 1. The summed E-state index contributed by atoms with van der Waals surface area (Å²) in [4.78, 5) is 11.0. The Morgan fingerprint density at radius 1 is 1.29 bits per heavy atom. The molecule has 0 aromatic carbocycles.